The third kappa shape index (κ3) is 3.64. The molecule has 8 nitrogen and oxygen atoms in total. The Bertz CT molecular complexity index is 1870. The fraction of sp³-hybridized carbons (Fsp3) is 0.167. The molecular formula is C30H23NO7. The number of pyridine rings is 1. The number of carbonyl (C=O) groups is 1. The average Bonchev–Trinajstić information content (AvgIpc) is 3.36. The van der Waals surface area contributed by atoms with Gasteiger partial charge >= 0.3 is 5.97 Å². The number of aromatic hydroxyl groups is 2. The minimum absolute atomic E-state index is 0.0523. The van der Waals surface area contributed by atoms with E-state index in [1.165, 1.54) is 13.2 Å². The lowest BCUT2D eigenvalue weighted by Gasteiger charge is -2.21. The molecule has 0 saturated heterocycles. The number of phenolic OH excluding ortho intramolecular Hbond substituents is 2. The summed E-state index contributed by atoms with van der Waals surface area (Å²) in [4.78, 5) is 39.6. The second kappa shape index (κ2) is 8.92. The van der Waals surface area contributed by atoms with E-state index in [1.807, 2.05) is 24.3 Å². The van der Waals surface area contributed by atoms with E-state index in [0.717, 1.165) is 22.5 Å². The maximum atomic E-state index is 13.8. The van der Waals surface area contributed by atoms with Gasteiger partial charge < -0.3 is 23.9 Å². The predicted octanol–water partition coefficient (Wildman–Crippen LogP) is 4.44. The summed E-state index contributed by atoms with van der Waals surface area (Å²) in [5.74, 6) is -2.31. The van der Waals surface area contributed by atoms with Gasteiger partial charge in [0.05, 0.1) is 19.0 Å². The molecule has 190 valence electrons. The Morgan fingerprint density at radius 3 is 2.58 bits per heavy atom. The van der Waals surface area contributed by atoms with Gasteiger partial charge in [-0.3, -0.25) is 14.4 Å². The van der Waals surface area contributed by atoms with Crippen molar-refractivity contribution in [3.8, 4) is 22.8 Å². The molecule has 0 unspecified atom stereocenters. The second-order valence-electron chi connectivity index (χ2n) is 9.37. The monoisotopic (exact) mass is 509 g/mol. The van der Waals surface area contributed by atoms with Gasteiger partial charge in [-0.05, 0) is 23.4 Å². The zero-order valence-corrected chi connectivity index (χ0v) is 20.4. The Morgan fingerprint density at radius 1 is 1.03 bits per heavy atom. The largest absolute Gasteiger partial charge is 0.507 e. The number of phenols is 2. The molecule has 8 heteroatoms. The first-order valence-corrected chi connectivity index (χ1v) is 12.2. The molecule has 3 aromatic carbocycles. The molecule has 0 saturated carbocycles. The van der Waals surface area contributed by atoms with Crippen molar-refractivity contribution < 1.29 is 24.2 Å². The van der Waals surface area contributed by atoms with Gasteiger partial charge in [0.25, 0.3) is 5.56 Å². The lowest BCUT2D eigenvalue weighted by Crippen LogP contribution is -2.26. The number of hydrogen-bond acceptors (Lipinski definition) is 7. The van der Waals surface area contributed by atoms with Gasteiger partial charge in [0.15, 0.2) is 5.43 Å². The van der Waals surface area contributed by atoms with Gasteiger partial charge in [-0.25, -0.2) is 0 Å². The Labute approximate surface area is 216 Å². The van der Waals surface area contributed by atoms with Crippen LogP contribution in [0.25, 0.3) is 33.2 Å². The van der Waals surface area contributed by atoms with Gasteiger partial charge in [0.1, 0.15) is 28.2 Å². The van der Waals surface area contributed by atoms with Crippen LogP contribution in [0.2, 0.25) is 0 Å². The molecule has 6 rings (SSSR count). The van der Waals surface area contributed by atoms with Crippen LogP contribution >= 0.6 is 0 Å². The number of ether oxygens (including phenoxy) is 1. The van der Waals surface area contributed by atoms with Gasteiger partial charge in [-0.2, -0.15) is 0 Å². The van der Waals surface area contributed by atoms with Gasteiger partial charge in [-0.1, -0.05) is 48.5 Å². The van der Waals surface area contributed by atoms with Crippen molar-refractivity contribution in [2.75, 3.05) is 7.11 Å². The Kier molecular flexibility index (Phi) is 5.52. The Balaban J connectivity index is 1.69. The molecule has 3 heterocycles. The smallest absolute Gasteiger partial charge is 0.306 e. The summed E-state index contributed by atoms with van der Waals surface area (Å²) in [7, 11) is 1.24. The Morgan fingerprint density at radius 2 is 1.82 bits per heavy atom. The van der Waals surface area contributed by atoms with E-state index in [9.17, 15) is 24.6 Å². The third-order valence-corrected chi connectivity index (χ3v) is 7.21. The molecule has 0 bridgehead atoms. The van der Waals surface area contributed by atoms with Crippen LogP contribution in [0.4, 0.5) is 0 Å². The Hall–Kier alpha value is -4.85. The number of aryl methyl sites for hydroxylation is 2. The van der Waals surface area contributed by atoms with Crippen molar-refractivity contribution in [2.45, 2.75) is 25.3 Å². The number of fused-ring (bicyclic) bond motifs is 1. The molecule has 2 aromatic heterocycles. The number of nitrogens with zero attached hydrogens (tertiary/aromatic N) is 1. The van der Waals surface area contributed by atoms with Crippen LogP contribution in [0.1, 0.15) is 29.0 Å². The van der Waals surface area contributed by atoms with Crippen molar-refractivity contribution in [3.63, 3.8) is 0 Å². The summed E-state index contributed by atoms with van der Waals surface area (Å²) in [6.45, 7) is 0.489. The molecule has 0 aliphatic carbocycles. The fourth-order valence-corrected chi connectivity index (χ4v) is 5.46. The van der Waals surface area contributed by atoms with Crippen LogP contribution in [0.5, 0.6) is 11.5 Å². The molecule has 1 aliphatic heterocycles. The van der Waals surface area contributed by atoms with E-state index in [-0.39, 0.29) is 39.8 Å². The summed E-state index contributed by atoms with van der Waals surface area (Å²) in [6.07, 6.45) is 0.407. The van der Waals surface area contributed by atoms with E-state index < -0.39 is 28.8 Å². The molecule has 2 N–H and O–H groups in total. The SMILES string of the molecule is COC(=O)C[C@@H](c1cc2cccc3c2n(c1=O)CC3)c1c(O)cc(O)c2c(=O)cc(-c3ccccc3)oc12. The van der Waals surface area contributed by atoms with E-state index in [4.69, 9.17) is 9.15 Å². The van der Waals surface area contributed by atoms with Crippen LogP contribution in [0.15, 0.2) is 80.7 Å². The number of benzene rings is 3. The van der Waals surface area contributed by atoms with E-state index in [2.05, 4.69) is 0 Å². The van der Waals surface area contributed by atoms with Crippen molar-refractivity contribution in [2.24, 2.45) is 0 Å². The van der Waals surface area contributed by atoms with E-state index in [0.29, 0.717) is 18.5 Å². The summed E-state index contributed by atoms with van der Waals surface area (Å²) >= 11 is 0. The molecule has 0 spiro atoms. The maximum absolute atomic E-state index is 13.8. The number of rotatable bonds is 5. The standard InChI is InChI=1S/C30H23NO7/c1-37-25(35)13-19(20-12-18-9-5-8-17-10-11-31(28(17)18)30(20)36)26-21(32)14-22(33)27-23(34)15-24(38-29(26)27)16-6-3-2-4-7-16/h2-9,12,14-15,19,32-33H,10-11,13H2,1H3/t19-/m0/s1. The van der Waals surface area contributed by atoms with Crippen LogP contribution in [-0.4, -0.2) is 27.9 Å². The molecular weight excluding hydrogens is 486 g/mol. The molecule has 1 aliphatic rings. The second-order valence-corrected chi connectivity index (χ2v) is 9.37. The fourth-order valence-electron chi connectivity index (χ4n) is 5.46. The summed E-state index contributed by atoms with van der Waals surface area (Å²) < 4.78 is 12.8. The number of para-hydroxylation sites is 1. The topological polar surface area (TPSA) is 119 Å². The minimum atomic E-state index is -1.02. The van der Waals surface area contributed by atoms with Crippen LogP contribution in [0, 0.1) is 0 Å². The predicted molar refractivity (Wildman–Crippen MR) is 142 cm³/mol. The van der Waals surface area contributed by atoms with Crippen molar-refractivity contribution >= 4 is 27.8 Å². The van der Waals surface area contributed by atoms with Crippen LogP contribution in [-0.2, 0) is 22.5 Å². The summed E-state index contributed by atoms with van der Waals surface area (Å²) in [5, 5.41) is 22.4. The first-order valence-electron chi connectivity index (χ1n) is 12.2. The normalized spacial score (nSPS) is 13.2. The van der Waals surface area contributed by atoms with Crippen molar-refractivity contribution in [1.82, 2.24) is 4.57 Å². The maximum Gasteiger partial charge on any atom is 0.306 e. The molecule has 38 heavy (non-hydrogen) atoms. The summed E-state index contributed by atoms with van der Waals surface area (Å²) in [6, 6.07) is 18.7. The van der Waals surface area contributed by atoms with Crippen LogP contribution in [0.3, 0.4) is 0 Å². The lowest BCUT2D eigenvalue weighted by atomic mass is 9.86. The van der Waals surface area contributed by atoms with Crippen LogP contribution < -0.4 is 11.0 Å². The number of carbonyl (C=O) groups excluding carboxylic acids is 1. The number of hydrogen-bond donors (Lipinski definition) is 2. The summed E-state index contributed by atoms with van der Waals surface area (Å²) in [5.41, 5.74) is 1.88. The quantitative estimate of drug-likeness (QED) is 0.336. The highest BCUT2D eigenvalue weighted by Gasteiger charge is 2.31. The lowest BCUT2D eigenvalue weighted by molar-refractivity contribution is -0.140. The van der Waals surface area contributed by atoms with Gasteiger partial charge in [0.2, 0.25) is 0 Å². The highest BCUT2D eigenvalue weighted by molar-refractivity contribution is 5.91. The molecule has 1 atom stereocenters. The van der Waals surface area contributed by atoms with Gasteiger partial charge in [0, 0.05) is 41.3 Å². The van der Waals surface area contributed by atoms with Gasteiger partial charge in [-0.15, -0.1) is 0 Å². The molecule has 5 aromatic rings. The minimum Gasteiger partial charge on any atom is -0.507 e. The zero-order valence-electron chi connectivity index (χ0n) is 20.4. The molecule has 0 amide bonds. The number of aromatic nitrogens is 1. The molecule has 0 fully saturated rings. The van der Waals surface area contributed by atoms with E-state index >= 15 is 0 Å². The first kappa shape index (κ1) is 23.5. The first-order chi connectivity index (χ1) is 18.4. The average molecular weight is 510 g/mol. The number of methoxy groups -OCH3 is 1. The number of esters is 1. The van der Waals surface area contributed by atoms with Crippen molar-refractivity contribution in [1.29, 1.82) is 0 Å². The zero-order chi connectivity index (χ0) is 26.6. The highest BCUT2D eigenvalue weighted by Crippen LogP contribution is 2.43. The molecule has 0 radical (unpaired) electrons. The third-order valence-electron chi connectivity index (χ3n) is 7.21. The highest BCUT2D eigenvalue weighted by atomic mass is 16.5. The van der Waals surface area contributed by atoms with Crippen molar-refractivity contribution in [3.05, 3.63) is 104 Å². The van der Waals surface area contributed by atoms with E-state index in [1.54, 1.807) is 34.9 Å².